The van der Waals surface area contributed by atoms with Crippen molar-refractivity contribution in [3.63, 3.8) is 0 Å². The van der Waals surface area contributed by atoms with Crippen LogP contribution in [0.5, 0.6) is 5.75 Å². The van der Waals surface area contributed by atoms with Gasteiger partial charge in [0.05, 0.1) is 35.8 Å². The number of amides is 1. The number of carboxylic acid groups (broad SMARTS) is 1. The number of carbonyl (C=O) groups is 2. The Hall–Kier alpha value is -3.52. The predicted octanol–water partition coefficient (Wildman–Crippen LogP) is 3.46. The zero-order chi connectivity index (χ0) is 20.3. The first-order chi connectivity index (χ1) is 13.4. The van der Waals surface area contributed by atoms with Crippen LogP contribution in [0, 0.1) is 6.92 Å². The van der Waals surface area contributed by atoms with Crippen molar-refractivity contribution in [3.05, 3.63) is 64.7 Å². The topological polar surface area (TPSA) is 114 Å². The van der Waals surface area contributed by atoms with Gasteiger partial charge in [0.15, 0.2) is 5.82 Å². The fraction of sp³-hybridized carbons (Fsp3) is 0.105. The van der Waals surface area contributed by atoms with E-state index < -0.39 is 5.97 Å². The molecule has 0 unspecified atom stereocenters. The number of nitrogens with one attached hydrogen (secondary N) is 1. The summed E-state index contributed by atoms with van der Waals surface area (Å²) in [6, 6.07) is 4.41. The van der Waals surface area contributed by atoms with Gasteiger partial charge in [-0.25, -0.2) is 9.78 Å². The Morgan fingerprint density at radius 3 is 2.50 bits per heavy atom. The van der Waals surface area contributed by atoms with Crippen molar-refractivity contribution in [1.29, 1.82) is 0 Å². The number of aromatic carboxylic acids is 1. The Morgan fingerprint density at radius 2 is 1.89 bits per heavy atom. The minimum absolute atomic E-state index is 0.0470. The number of aromatic nitrogens is 3. The Labute approximate surface area is 165 Å². The Balaban J connectivity index is 1.92. The standard InChI is InChI=1S/C19H15ClN4O4/c1-10-7-21-6-5-11(10)18(25)24-15-9-22-14(8-23-15)16-13(20)4-3-12(19(26)27)17(16)28-2/h3-9H,1-2H3,(H,26,27)(H,23,24,25). The zero-order valence-corrected chi connectivity index (χ0v) is 15.7. The Bertz CT molecular complexity index is 1050. The molecule has 1 amide bonds. The monoisotopic (exact) mass is 398 g/mol. The number of carbonyl (C=O) groups excluding carboxylic acids is 1. The number of hydrogen-bond donors (Lipinski definition) is 2. The van der Waals surface area contributed by atoms with Crippen molar-refractivity contribution >= 4 is 29.3 Å². The van der Waals surface area contributed by atoms with Crippen LogP contribution < -0.4 is 10.1 Å². The number of halogens is 1. The molecule has 0 fully saturated rings. The summed E-state index contributed by atoms with van der Waals surface area (Å²) < 4.78 is 5.23. The fourth-order valence-electron chi connectivity index (χ4n) is 2.61. The van der Waals surface area contributed by atoms with Crippen LogP contribution in [0.3, 0.4) is 0 Å². The van der Waals surface area contributed by atoms with E-state index in [0.717, 1.165) is 5.56 Å². The zero-order valence-electron chi connectivity index (χ0n) is 14.9. The largest absolute Gasteiger partial charge is 0.495 e. The number of anilines is 1. The summed E-state index contributed by atoms with van der Waals surface area (Å²) in [4.78, 5) is 36.1. The molecule has 0 spiro atoms. The first-order valence-corrected chi connectivity index (χ1v) is 8.44. The van der Waals surface area contributed by atoms with E-state index in [1.54, 1.807) is 19.2 Å². The van der Waals surface area contributed by atoms with Crippen molar-refractivity contribution in [3.8, 4) is 17.0 Å². The molecule has 3 rings (SSSR count). The molecule has 0 radical (unpaired) electrons. The van der Waals surface area contributed by atoms with Crippen molar-refractivity contribution in [2.24, 2.45) is 0 Å². The third kappa shape index (κ3) is 3.77. The van der Waals surface area contributed by atoms with Crippen molar-refractivity contribution in [1.82, 2.24) is 15.0 Å². The number of benzene rings is 1. The van der Waals surface area contributed by atoms with Gasteiger partial charge < -0.3 is 15.2 Å². The van der Waals surface area contributed by atoms with E-state index in [2.05, 4.69) is 20.3 Å². The maximum absolute atomic E-state index is 12.4. The van der Waals surface area contributed by atoms with Gasteiger partial charge in [0.2, 0.25) is 0 Å². The van der Waals surface area contributed by atoms with Crippen LogP contribution in [-0.2, 0) is 0 Å². The highest BCUT2D eigenvalue weighted by Gasteiger charge is 2.20. The maximum Gasteiger partial charge on any atom is 0.339 e. The van der Waals surface area contributed by atoms with Crippen LogP contribution in [0.2, 0.25) is 5.02 Å². The summed E-state index contributed by atoms with van der Waals surface area (Å²) in [5.74, 6) is -1.18. The minimum Gasteiger partial charge on any atom is -0.495 e. The summed E-state index contributed by atoms with van der Waals surface area (Å²) in [5, 5.41) is 12.2. The number of hydrogen-bond acceptors (Lipinski definition) is 6. The van der Waals surface area contributed by atoms with Crippen LogP contribution in [0.15, 0.2) is 43.0 Å². The molecule has 0 saturated carbocycles. The molecule has 2 heterocycles. The highest BCUT2D eigenvalue weighted by Crippen LogP contribution is 2.38. The highest BCUT2D eigenvalue weighted by atomic mass is 35.5. The number of rotatable bonds is 5. The van der Waals surface area contributed by atoms with Crippen LogP contribution in [0.4, 0.5) is 5.82 Å². The molecule has 8 nitrogen and oxygen atoms in total. The number of ether oxygens (including phenoxy) is 1. The number of methoxy groups -OCH3 is 1. The van der Waals surface area contributed by atoms with Gasteiger partial charge in [-0.1, -0.05) is 11.6 Å². The van der Waals surface area contributed by atoms with Crippen LogP contribution in [0.25, 0.3) is 11.3 Å². The number of aryl methyl sites for hydroxylation is 1. The van der Waals surface area contributed by atoms with Gasteiger partial charge in [0.1, 0.15) is 11.3 Å². The lowest BCUT2D eigenvalue weighted by molar-refractivity contribution is 0.0693. The maximum atomic E-state index is 12.4. The van der Waals surface area contributed by atoms with E-state index in [4.69, 9.17) is 16.3 Å². The second kappa shape index (κ2) is 8.01. The van der Waals surface area contributed by atoms with Crippen molar-refractivity contribution in [2.45, 2.75) is 6.92 Å². The lowest BCUT2D eigenvalue weighted by Gasteiger charge is -2.13. The van der Waals surface area contributed by atoms with Gasteiger partial charge in [-0.2, -0.15) is 0 Å². The van der Waals surface area contributed by atoms with Gasteiger partial charge in [-0.05, 0) is 30.7 Å². The summed E-state index contributed by atoms with van der Waals surface area (Å²) in [5.41, 5.74) is 1.77. The summed E-state index contributed by atoms with van der Waals surface area (Å²) in [6.07, 6.45) is 5.85. The molecule has 0 aliphatic rings. The summed E-state index contributed by atoms with van der Waals surface area (Å²) >= 11 is 6.22. The van der Waals surface area contributed by atoms with Gasteiger partial charge in [-0.15, -0.1) is 0 Å². The molecule has 142 valence electrons. The second-order valence-electron chi connectivity index (χ2n) is 5.74. The lowest BCUT2D eigenvalue weighted by atomic mass is 10.1. The van der Waals surface area contributed by atoms with Crippen molar-refractivity contribution < 1.29 is 19.4 Å². The van der Waals surface area contributed by atoms with Crippen LogP contribution in [0.1, 0.15) is 26.3 Å². The molecule has 0 saturated heterocycles. The molecule has 0 bridgehead atoms. The molecule has 2 N–H and O–H groups in total. The molecular formula is C19H15ClN4O4. The number of nitrogens with zero attached hydrogens (tertiary/aromatic N) is 3. The summed E-state index contributed by atoms with van der Waals surface area (Å²) in [7, 11) is 1.35. The molecule has 9 heteroatoms. The van der Waals surface area contributed by atoms with Crippen LogP contribution >= 0.6 is 11.6 Å². The average Bonchev–Trinajstić information content (AvgIpc) is 2.68. The fourth-order valence-corrected chi connectivity index (χ4v) is 2.86. The molecule has 2 aromatic heterocycles. The smallest absolute Gasteiger partial charge is 0.339 e. The minimum atomic E-state index is -1.15. The van der Waals surface area contributed by atoms with E-state index in [1.807, 2.05) is 0 Å². The Morgan fingerprint density at radius 1 is 1.11 bits per heavy atom. The normalized spacial score (nSPS) is 10.4. The van der Waals surface area contributed by atoms with E-state index >= 15 is 0 Å². The van der Waals surface area contributed by atoms with Crippen molar-refractivity contribution in [2.75, 3.05) is 12.4 Å². The van der Waals surface area contributed by atoms with Crippen LogP contribution in [-0.4, -0.2) is 39.0 Å². The van der Waals surface area contributed by atoms with E-state index in [1.165, 1.54) is 37.8 Å². The number of pyridine rings is 1. The third-order valence-corrected chi connectivity index (χ3v) is 4.27. The van der Waals surface area contributed by atoms with E-state index in [9.17, 15) is 14.7 Å². The number of carboxylic acids is 1. The van der Waals surface area contributed by atoms with Gasteiger partial charge in [0, 0.05) is 18.0 Å². The first-order valence-electron chi connectivity index (χ1n) is 8.06. The molecule has 3 aromatic rings. The van der Waals surface area contributed by atoms with E-state index in [-0.39, 0.29) is 28.1 Å². The van der Waals surface area contributed by atoms with Gasteiger partial charge >= 0.3 is 5.97 Å². The third-order valence-electron chi connectivity index (χ3n) is 3.96. The first kappa shape index (κ1) is 19.2. The highest BCUT2D eigenvalue weighted by molar-refractivity contribution is 6.34. The average molecular weight is 399 g/mol. The molecule has 0 aliphatic heterocycles. The SMILES string of the molecule is COc1c(C(=O)O)ccc(Cl)c1-c1cnc(NC(=O)c2ccncc2C)cn1. The molecule has 1 aromatic carbocycles. The van der Waals surface area contributed by atoms with E-state index in [0.29, 0.717) is 16.8 Å². The molecular weight excluding hydrogens is 384 g/mol. The molecule has 0 aliphatic carbocycles. The Kier molecular flexibility index (Phi) is 5.51. The molecule has 28 heavy (non-hydrogen) atoms. The lowest BCUT2D eigenvalue weighted by Crippen LogP contribution is -2.14. The van der Waals surface area contributed by atoms with Gasteiger partial charge in [0.25, 0.3) is 5.91 Å². The second-order valence-corrected chi connectivity index (χ2v) is 6.15. The predicted molar refractivity (Wildman–Crippen MR) is 103 cm³/mol. The summed E-state index contributed by atoms with van der Waals surface area (Å²) in [6.45, 7) is 1.78. The molecule has 0 atom stereocenters. The quantitative estimate of drug-likeness (QED) is 0.676. The van der Waals surface area contributed by atoms with Gasteiger partial charge in [-0.3, -0.25) is 14.8 Å².